The summed E-state index contributed by atoms with van der Waals surface area (Å²) in [6.45, 7) is 3.79. The molecule has 4 rings (SSSR count). The summed E-state index contributed by atoms with van der Waals surface area (Å²) < 4.78 is 11.8. The van der Waals surface area contributed by atoms with E-state index >= 15 is 0 Å². The highest BCUT2D eigenvalue weighted by Gasteiger charge is 2.23. The van der Waals surface area contributed by atoms with Crippen LogP contribution < -0.4 is 10.3 Å². The molecule has 0 spiro atoms. The zero-order valence-corrected chi connectivity index (χ0v) is 16.5. The fourth-order valence-corrected chi connectivity index (χ4v) is 4.81. The first-order valence-electron chi connectivity index (χ1n) is 8.83. The van der Waals surface area contributed by atoms with Crippen LogP contribution in [0.2, 0.25) is 0 Å². The van der Waals surface area contributed by atoms with E-state index in [4.69, 9.17) is 9.15 Å². The van der Waals surface area contributed by atoms with Crippen LogP contribution >= 0.6 is 23.1 Å². The number of benzene rings is 1. The van der Waals surface area contributed by atoms with E-state index in [-0.39, 0.29) is 11.4 Å². The van der Waals surface area contributed by atoms with E-state index in [0.717, 1.165) is 30.2 Å². The molecule has 0 amide bonds. The number of esters is 1. The molecule has 140 valence electrons. The van der Waals surface area contributed by atoms with E-state index in [9.17, 15) is 9.59 Å². The summed E-state index contributed by atoms with van der Waals surface area (Å²) in [5, 5.41) is 1.87. The van der Waals surface area contributed by atoms with E-state index in [2.05, 4.69) is 4.90 Å². The average molecular weight is 402 g/mol. The number of ether oxygens (including phenoxy) is 1. The van der Waals surface area contributed by atoms with Crippen LogP contribution in [0.5, 0.6) is 0 Å². The third-order valence-electron chi connectivity index (χ3n) is 4.47. The second-order valence-corrected chi connectivity index (χ2v) is 8.26. The summed E-state index contributed by atoms with van der Waals surface area (Å²) in [4.78, 5) is 27.2. The van der Waals surface area contributed by atoms with Crippen molar-refractivity contribution in [1.29, 1.82) is 0 Å². The predicted octanol–water partition coefficient (Wildman–Crippen LogP) is 4.25. The standard InChI is InChI=1S/C20H19NO4S2/c1-2-24-20(23)14-5-3-13(4-6-14)16-17(22)18-15(7-10-27-18)25-19(16)21-8-11-26-12-9-21/h3-7,10H,2,8-9,11-12H2,1H3. The van der Waals surface area contributed by atoms with Crippen LogP contribution in [0.15, 0.2) is 44.9 Å². The quantitative estimate of drug-likeness (QED) is 0.609. The molecule has 0 unspecified atom stereocenters. The molecule has 1 fully saturated rings. The van der Waals surface area contributed by atoms with E-state index in [1.54, 1.807) is 31.2 Å². The Balaban J connectivity index is 1.83. The van der Waals surface area contributed by atoms with Crippen molar-refractivity contribution in [2.45, 2.75) is 6.92 Å². The molecule has 1 aliphatic heterocycles. The molecule has 0 radical (unpaired) electrons. The van der Waals surface area contributed by atoms with Crippen molar-refractivity contribution in [2.24, 2.45) is 0 Å². The highest BCUT2D eigenvalue weighted by atomic mass is 32.2. The Kier molecular flexibility index (Phi) is 5.22. The summed E-state index contributed by atoms with van der Waals surface area (Å²) in [5.74, 6) is 2.27. The van der Waals surface area contributed by atoms with Gasteiger partial charge in [-0.05, 0) is 36.1 Å². The highest BCUT2D eigenvalue weighted by molar-refractivity contribution is 7.99. The normalized spacial score (nSPS) is 14.5. The number of anilines is 1. The van der Waals surface area contributed by atoms with Crippen molar-refractivity contribution in [3.8, 4) is 11.1 Å². The van der Waals surface area contributed by atoms with Gasteiger partial charge < -0.3 is 14.1 Å². The van der Waals surface area contributed by atoms with Crippen LogP contribution in [-0.2, 0) is 4.74 Å². The zero-order chi connectivity index (χ0) is 18.8. The van der Waals surface area contributed by atoms with Crippen LogP contribution in [0.1, 0.15) is 17.3 Å². The SMILES string of the molecule is CCOC(=O)c1ccc(-c2c(N3CCSCC3)oc3ccsc3c2=O)cc1. The van der Waals surface area contributed by atoms with Crippen LogP contribution in [0, 0.1) is 0 Å². The maximum Gasteiger partial charge on any atom is 0.338 e. The molecule has 2 aromatic heterocycles. The molecule has 1 aromatic carbocycles. The number of thioether (sulfide) groups is 1. The van der Waals surface area contributed by atoms with Gasteiger partial charge in [0.2, 0.25) is 11.3 Å². The number of carbonyl (C=O) groups excluding carboxylic acids is 1. The number of fused-ring (bicyclic) bond motifs is 1. The minimum absolute atomic E-state index is 0.0247. The summed E-state index contributed by atoms with van der Waals surface area (Å²) in [6.07, 6.45) is 0. The molecule has 0 N–H and O–H groups in total. The van der Waals surface area contributed by atoms with Crippen molar-refractivity contribution in [2.75, 3.05) is 36.1 Å². The Bertz CT molecular complexity index is 1020. The van der Waals surface area contributed by atoms with Gasteiger partial charge in [-0.25, -0.2) is 4.79 Å². The second kappa shape index (κ2) is 7.78. The van der Waals surface area contributed by atoms with Gasteiger partial charge >= 0.3 is 5.97 Å². The highest BCUT2D eigenvalue weighted by Crippen LogP contribution is 2.34. The van der Waals surface area contributed by atoms with Gasteiger partial charge in [-0.3, -0.25) is 4.79 Å². The number of hydrogen-bond acceptors (Lipinski definition) is 7. The lowest BCUT2D eigenvalue weighted by Gasteiger charge is -2.28. The molecule has 0 saturated carbocycles. The van der Waals surface area contributed by atoms with E-state index in [0.29, 0.717) is 33.9 Å². The Hall–Kier alpha value is -2.25. The Morgan fingerprint density at radius 2 is 1.93 bits per heavy atom. The van der Waals surface area contributed by atoms with Crippen LogP contribution in [0.4, 0.5) is 5.88 Å². The van der Waals surface area contributed by atoms with Crippen molar-refractivity contribution in [1.82, 2.24) is 0 Å². The van der Waals surface area contributed by atoms with Crippen LogP contribution in [0.3, 0.4) is 0 Å². The zero-order valence-electron chi connectivity index (χ0n) is 14.9. The minimum atomic E-state index is -0.363. The fourth-order valence-electron chi connectivity index (χ4n) is 3.14. The molecule has 0 bridgehead atoms. The summed E-state index contributed by atoms with van der Waals surface area (Å²) in [7, 11) is 0. The van der Waals surface area contributed by atoms with Gasteiger partial charge in [0.25, 0.3) is 0 Å². The molecular weight excluding hydrogens is 382 g/mol. The average Bonchev–Trinajstić information content (AvgIpc) is 3.18. The molecule has 7 heteroatoms. The maximum atomic E-state index is 13.2. The van der Waals surface area contributed by atoms with Gasteiger partial charge in [0.15, 0.2) is 5.58 Å². The molecule has 0 aliphatic carbocycles. The number of nitrogens with zero attached hydrogens (tertiary/aromatic N) is 1. The Morgan fingerprint density at radius 1 is 1.19 bits per heavy atom. The lowest BCUT2D eigenvalue weighted by Crippen LogP contribution is -2.33. The van der Waals surface area contributed by atoms with E-state index < -0.39 is 0 Å². The predicted molar refractivity (Wildman–Crippen MR) is 111 cm³/mol. The third kappa shape index (κ3) is 3.49. The van der Waals surface area contributed by atoms with Crippen molar-refractivity contribution >= 4 is 45.2 Å². The Labute approximate surface area is 164 Å². The third-order valence-corrected chi connectivity index (χ3v) is 6.30. The van der Waals surface area contributed by atoms with Gasteiger partial charge in [-0.15, -0.1) is 11.3 Å². The molecule has 3 heterocycles. The minimum Gasteiger partial charge on any atom is -0.462 e. The smallest absolute Gasteiger partial charge is 0.338 e. The first-order chi connectivity index (χ1) is 13.2. The van der Waals surface area contributed by atoms with Gasteiger partial charge in [0.1, 0.15) is 4.70 Å². The molecule has 1 aliphatic rings. The Morgan fingerprint density at radius 3 is 2.63 bits per heavy atom. The summed E-state index contributed by atoms with van der Waals surface area (Å²) in [6, 6.07) is 8.82. The van der Waals surface area contributed by atoms with E-state index in [1.807, 2.05) is 23.2 Å². The molecule has 0 atom stereocenters. The van der Waals surface area contributed by atoms with Crippen LogP contribution in [0.25, 0.3) is 21.4 Å². The lowest BCUT2D eigenvalue weighted by atomic mass is 10.0. The first kappa shape index (κ1) is 18.1. The maximum absolute atomic E-state index is 13.2. The molecule has 27 heavy (non-hydrogen) atoms. The largest absolute Gasteiger partial charge is 0.462 e. The van der Waals surface area contributed by atoms with Crippen molar-refractivity contribution < 1.29 is 13.9 Å². The fraction of sp³-hybridized carbons (Fsp3) is 0.300. The number of hydrogen-bond donors (Lipinski definition) is 0. The molecule has 1 saturated heterocycles. The monoisotopic (exact) mass is 401 g/mol. The summed E-state index contributed by atoms with van der Waals surface area (Å²) in [5.41, 5.74) is 2.39. The molecule has 5 nitrogen and oxygen atoms in total. The topological polar surface area (TPSA) is 59.8 Å². The van der Waals surface area contributed by atoms with Gasteiger partial charge in [-0.2, -0.15) is 11.8 Å². The van der Waals surface area contributed by atoms with Crippen molar-refractivity contribution in [3.63, 3.8) is 0 Å². The molecule has 3 aromatic rings. The first-order valence-corrected chi connectivity index (χ1v) is 10.9. The van der Waals surface area contributed by atoms with E-state index in [1.165, 1.54) is 11.3 Å². The van der Waals surface area contributed by atoms with Gasteiger partial charge in [0.05, 0.1) is 17.7 Å². The van der Waals surface area contributed by atoms with Gasteiger partial charge in [-0.1, -0.05) is 12.1 Å². The second-order valence-electron chi connectivity index (χ2n) is 6.12. The number of carbonyl (C=O) groups is 1. The van der Waals surface area contributed by atoms with Crippen LogP contribution in [-0.4, -0.2) is 37.2 Å². The van der Waals surface area contributed by atoms with Crippen molar-refractivity contribution in [3.05, 3.63) is 51.5 Å². The number of thiophene rings is 1. The molecular formula is C20H19NO4S2. The van der Waals surface area contributed by atoms with Gasteiger partial charge in [0, 0.05) is 24.6 Å². The number of rotatable bonds is 4. The summed E-state index contributed by atoms with van der Waals surface area (Å²) >= 11 is 3.29. The lowest BCUT2D eigenvalue weighted by molar-refractivity contribution is 0.0526.